The van der Waals surface area contributed by atoms with E-state index < -0.39 is 17.9 Å². The Morgan fingerprint density at radius 3 is 2.18 bits per heavy atom. The monoisotopic (exact) mass is 293 g/mol. The van der Waals surface area contributed by atoms with Gasteiger partial charge in [0.2, 0.25) is 0 Å². The molecule has 1 amide bonds. The minimum atomic E-state index is -1.08. The standard InChI is InChI=1S/C18H15NO3/c20-17(12-11-14-7-3-1-4-8-14)19-16(18(21)22)13-15-9-5-2-6-10-15/h1-10,16H,13H2,(H,19,20)(H,21,22). The number of hydrogen-bond acceptors (Lipinski definition) is 2. The topological polar surface area (TPSA) is 66.4 Å². The molecule has 0 bridgehead atoms. The number of rotatable bonds is 4. The number of hydrogen-bond donors (Lipinski definition) is 2. The molecule has 2 N–H and O–H groups in total. The summed E-state index contributed by atoms with van der Waals surface area (Å²) in [6.07, 6.45) is 0.217. The molecular weight excluding hydrogens is 278 g/mol. The van der Waals surface area contributed by atoms with Crippen molar-refractivity contribution in [1.82, 2.24) is 5.32 Å². The molecule has 4 heteroatoms. The van der Waals surface area contributed by atoms with Gasteiger partial charge in [0.1, 0.15) is 6.04 Å². The lowest BCUT2D eigenvalue weighted by Gasteiger charge is -2.12. The molecule has 0 aliphatic carbocycles. The molecule has 2 aromatic carbocycles. The molecule has 1 unspecified atom stereocenters. The van der Waals surface area contributed by atoms with Crippen LogP contribution in [0.2, 0.25) is 0 Å². The summed E-state index contributed by atoms with van der Waals surface area (Å²) < 4.78 is 0. The molecule has 0 saturated heterocycles. The van der Waals surface area contributed by atoms with E-state index in [-0.39, 0.29) is 6.42 Å². The molecule has 0 heterocycles. The molecule has 0 saturated carbocycles. The van der Waals surface area contributed by atoms with Crippen LogP contribution in [0.5, 0.6) is 0 Å². The second-order valence-corrected chi connectivity index (χ2v) is 4.67. The van der Waals surface area contributed by atoms with Crippen molar-refractivity contribution < 1.29 is 14.7 Å². The zero-order valence-corrected chi connectivity index (χ0v) is 11.8. The van der Waals surface area contributed by atoms with Crippen molar-refractivity contribution in [1.29, 1.82) is 0 Å². The lowest BCUT2D eigenvalue weighted by atomic mass is 10.1. The molecule has 110 valence electrons. The predicted molar refractivity (Wildman–Crippen MR) is 83.0 cm³/mol. The minimum absolute atomic E-state index is 0.217. The Labute approximate surface area is 128 Å². The van der Waals surface area contributed by atoms with Gasteiger partial charge in [0.25, 0.3) is 5.91 Å². The average molecular weight is 293 g/mol. The molecule has 0 aliphatic heterocycles. The molecule has 0 fully saturated rings. The quantitative estimate of drug-likeness (QED) is 0.845. The molecule has 0 aromatic heterocycles. The number of nitrogens with one attached hydrogen (secondary N) is 1. The van der Waals surface area contributed by atoms with Crippen molar-refractivity contribution in [2.45, 2.75) is 12.5 Å². The SMILES string of the molecule is O=C(C#Cc1ccccc1)NC(Cc1ccccc1)C(=O)O. The second-order valence-electron chi connectivity index (χ2n) is 4.67. The Morgan fingerprint density at radius 1 is 1.00 bits per heavy atom. The van der Waals surface area contributed by atoms with E-state index in [0.717, 1.165) is 5.56 Å². The van der Waals surface area contributed by atoms with Gasteiger partial charge in [-0.2, -0.15) is 0 Å². The van der Waals surface area contributed by atoms with E-state index in [1.54, 1.807) is 12.1 Å². The lowest BCUT2D eigenvalue weighted by Crippen LogP contribution is -2.41. The highest BCUT2D eigenvalue weighted by Crippen LogP contribution is 2.03. The third-order valence-electron chi connectivity index (χ3n) is 2.98. The number of carbonyl (C=O) groups is 2. The van der Waals surface area contributed by atoms with Gasteiger partial charge >= 0.3 is 5.97 Å². The van der Waals surface area contributed by atoms with E-state index in [2.05, 4.69) is 17.2 Å². The number of aliphatic carboxylic acids is 1. The van der Waals surface area contributed by atoms with Crippen molar-refractivity contribution in [3.05, 3.63) is 71.8 Å². The first-order chi connectivity index (χ1) is 10.6. The average Bonchev–Trinajstić information content (AvgIpc) is 2.54. The van der Waals surface area contributed by atoms with Crippen molar-refractivity contribution in [2.75, 3.05) is 0 Å². The molecule has 0 radical (unpaired) electrons. The Morgan fingerprint density at radius 2 is 1.59 bits per heavy atom. The van der Waals surface area contributed by atoms with Crippen LogP contribution in [0.1, 0.15) is 11.1 Å². The summed E-state index contributed by atoms with van der Waals surface area (Å²) >= 11 is 0. The Kier molecular flexibility index (Phi) is 5.33. The highest BCUT2D eigenvalue weighted by Gasteiger charge is 2.19. The second kappa shape index (κ2) is 7.65. The highest BCUT2D eigenvalue weighted by atomic mass is 16.4. The zero-order chi connectivity index (χ0) is 15.8. The number of carboxylic acids is 1. The Balaban J connectivity index is 2.01. The molecule has 22 heavy (non-hydrogen) atoms. The fourth-order valence-electron chi connectivity index (χ4n) is 1.89. The van der Waals surface area contributed by atoms with E-state index in [4.69, 9.17) is 0 Å². The first kappa shape index (κ1) is 15.3. The molecule has 2 aromatic rings. The maximum Gasteiger partial charge on any atom is 0.326 e. The van der Waals surface area contributed by atoms with Crippen LogP contribution >= 0.6 is 0 Å². The predicted octanol–water partition coefficient (Wildman–Crippen LogP) is 1.85. The maximum atomic E-state index is 11.8. The number of benzene rings is 2. The minimum Gasteiger partial charge on any atom is -0.480 e. The molecule has 2 rings (SSSR count). The van der Waals surface area contributed by atoms with Crippen molar-refractivity contribution in [3.63, 3.8) is 0 Å². The summed E-state index contributed by atoms with van der Waals surface area (Å²) in [6, 6.07) is 17.2. The van der Waals surface area contributed by atoms with Gasteiger partial charge in [-0.05, 0) is 17.7 Å². The van der Waals surface area contributed by atoms with Crippen LogP contribution in [0.25, 0.3) is 0 Å². The van der Waals surface area contributed by atoms with Gasteiger partial charge in [-0.25, -0.2) is 4.79 Å². The summed E-state index contributed by atoms with van der Waals surface area (Å²) in [5.41, 5.74) is 1.54. The number of amides is 1. The van der Waals surface area contributed by atoms with Gasteiger partial charge in [-0.3, -0.25) is 4.79 Å². The van der Waals surface area contributed by atoms with Crippen molar-refractivity contribution in [3.8, 4) is 11.8 Å². The zero-order valence-electron chi connectivity index (χ0n) is 11.8. The van der Waals surface area contributed by atoms with Crippen molar-refractivity contribution in [2.24, 2.45) is 0 Å². The van der Waals surface area contributed by atoms with Crippen LogP contribution in [0, 0.1) is 11.8 Å². The fraction of sp³-hybridized carbons (Fsp3) is 0.111. The smallest absolute Gasteiger partial charge is 0.326 e. The van der Waals surface area contributed by atoms with Gasteiger partial charge in [0.05, 0.1) is 0 Å². The van der Waals surface area contributed by atoms with Gasteiger partial charge in [-0.1, -0.05) is 54.5 Å². The van der Waals surface area contributed by atoms with E-state index in [1.807, 2.05) is 48.5 Å². The van der Waals surface area contributed by atoms with E-state index >= 15 is 0 Å². The van der Waals surface area contributed by atoms with E-state index in [9.17, 15) is 14.7 Å². The summed E-state index contributed by atoms with van der Waals surface area (Å²) in [6.45, 7) is 0. The van der Waals surface area contributed by atoms with Gasteiger partial charge < -0.3 is 10.4 Å². The Hall–Kier alpha value is -3.06. The molecular formula is C18H15NO3. The third-order valence-corrected chi connectivity index (χ3v) is 2.98. The van der Waals surface area contributed by atoms with Crippen molar-refractivity contribution >= 4 is 11.9 Å². The van der Waals surface area contributed by atoms with Crippen LogP contribution in [0.15, 0.2) is 60.7 Å². The number of carboxylic acid groups (broad SMARTS) is 1. The largest absolute Gasteiger partial charge is 0.480 e. The third kappa shape index (κ3) is 4.80. The van der Waals surface area contributed by atoms with Crippen LogP contribution < -0.4 is 5.32 Å². The van der Waals surface area contributed by atoms with E-state index in [1.165, 1.54) is 0 Å². The Bertz CT molecular complexity index is 699. The van der Waals surface area contributed by atoms with Crippen LogP contribution in [-0.2, 0) is 16.0 Å². The first-order valence-electron chi connectivity index (χ1n) is 6.79. The normalized spacial score (nSPS) is 10.9. The molecule has 0 spiro atoms. The maximum absolute atomic E-state index is 11.8. The summed E-state index contributed by atoms with van der Waals surface area (Å²) in [5, 5.41) is 11.6. The van der Waals surface area contributed by atoms with Gasteiger partial charge in [0.15, 0.2) is 0 Å². The van der Waals surface area contributed by atoms with Gasteiger partial charge in [0, 0.05) is 17.9 Å². The summed E-state index contributed by atoms with van der Waals surface area (Å²) in [7, 11) is 0. The van der Waals surface area contributed by atoms with E-state index in [0.29, 0.717) is 5.56 Å². The highest BCUT2D eigenvalue weighted by molar-refractivity contribution is 5.96. The van der Waals surface area contributed by atoms with Gasteiger partial charge in [-0.15, -0.1) is 0 Å². The summed E-state index contributed by atoms with van der Waals surface area (Å²) in [5.74, 6) is 3.42. The molecule has 1 atom stereocenters. The number of carbonyl (C=O) groups excluding carboxylic acids is 1. The van der Waals surface area contributed by atoms with Crippen LogP contribution in [0.3, 0.4) is 0 Å². The molecule has 4 nitrogen and oxygen atoms in total. The lowest BCUT2D eigenvalue weighted by molar-refractivity contribution is -0.141. The fourth-order valence-corrected chi connectivity index (χ4v) is 1.89. The first-order valence-corrected chi connectivity index (χ1v) is 6.79. The van der Waals surface area contributed by atoms with Crippen LogP contribution in [-0.4, -0.2) is 23.0 Å². The molecule has 0 aliphatic rings. The summed E-state index contributed by atoms with van der Waals surface area (Å²) in [4.78, 5) is 23.0. The van der Waals surface area contributed by atoms with Crippen LogP contribution in [0.4, 0.5) is 0 Å².